The number of anilines is 1. The lowest BCUT2D eigenvalue weighted by Crippen LogP contribution is -2.15. The molecule has 2 rings (SSSR count). The summed E-state index contributed by atoms with van der Waals surface area (Å²) in [5.41, 5.74) is 0.477. The van der Waals surface area contributed by atoms with E-state index in [1.54, 1.807) is 0 Å². The molecule has 142 valence electrons. The Kier molecular flexibility index (Phi) is 7.56. The second-order valence-electron chi connectivity index (χ2n) is 6.73. The van der Waals surface area contributed by atoms with Crippen LogP contribution in [0.15, 0.2) is 24.3 Å². The number of carbonyl (C=O) groups is 2. The molecule has 0 bridgehead atoms. The number of rotatable bonds is 10. The molecule has 7 nitrogen and oxygen atoms in total. The Bertz CT molecular complexity index is 629. The van der Waals surface area contributed by atoms with Gasteiger partial charge in [-0.15, -0.1) is 0 Å². The van der Waals surface area contributed by atoms with E-state index >= 15 is 0 Å². The van der Waals surface area contributed by atoms with E-state index in [2.05, 4.69) is 12.2 Å². The topological polar surface area (TPSA) is 98.5 Å². The number of nitro benzene ring substituents is 1. The van der Waals surface area contributed by atoms with Crippen LogP contribution >= 0.6 is 0 Å². The molecule has 0 aliphatic carbocycles. The number of carbonyl (C=O) groups excluding carboxylic acids is 2. The SMILES string of the molecule is CCCCCC[C@@H]1C[C@@H](CCC(=O)Nc2ccc([N+](=O)[O-])cc2)C(=O)O1. The van der Waals surface area contributed by atoms with Gasteiger partial charge in [-0.2, -0.15) is 0 Å². The first-order valence-electron chi connectivity index (χ1n) is 9.24. The fraction of sp³-hybridized carbons (Fsp3) is 0.579. The Morgan fingerprint density at radius 1 is 1.23 bits per heavy atom. The van der Waals surface area contributed by atoms with Crippen LogP contribution in [-0.4, -0.2) is 22.9 Å². The molecule has 1 aromatic carbocycles. The number of nitrogens with zero attached hydrogens (tertiary/aromatic N) is 1. The summed E-state index contributed by atoms with van der Waals surface area (Å²) in [7, 11) is 0. The molecule has 1 fully saturated rings. The molecule has 1 aliphatic heterocycles. The van der Waals surface area contributed by atoms with E-state index in [-0.39, 0.29) is 36.0 Å². The van der Waals surface area contributed by atoms with Crippen LogP contribution in [0.4, 0.5) is 11.4 Å². The first kappa shape index (κ1) is 19.9. The molecule has 2 atom stereocenters. The van der Waals surface area contributed by atoms with Gasteiger partial charge >= 0.3 is 5.97 Å². The Balaban J connectivity index is 1.71. The van der Waals surface area contributed by atoms with Gasteiger partial charge < -0.3 is 10.1 Å². The predicted octanol–water partition coefficient (Wildman–Crippen LogP) is 4.22. The van der Waals surface area contributed by atoms with E-state index in [1.807, 2.05) is 0 Å². The molecule has 7 heteroatoms. The smallest absolute Gasteiger partial charge is 0.309 e. The van der Waals surface area contributed by atoms with Gasteiger partial charge in [0, 0.05) is 24.2 Å². The summed E-state index contributed by atoms with van der Waals surface area (Å²) in [4.78, 5) is 34.1. The number of amides is 1. The minimum absolute atomic E-state index is 0.0120. The highest BCUT2D eigenvalue weighted by Gasteiger charge is 2.33. The van der Waals surface area contributed by atoms with Crippen LogP contribution in [0.3, 0.4) is 0 Å². The van der Waals surface area contributed by atoms with Crippen LogP contribution in [0.25, 0.3) is 0 Å². The second kappa shape index (κ2) is 9.89. The first-order chi connectivity index (χ1) is 12.5. The number of hydrogen-bond acceptors (Lipinski definition) is 5. The molecule has 0 unspecified atom stereocenters. The summed E-state index contributed by atoms with van der Waals surface area (Å²) in [6, 6.07) is 5.67. The van der Waals surface area contributed by atoms with Gasteiger partial charge in [0.2, 0.25) is 5.91 Å². The zero-order valence-corrected chi connectivity index (χ0v) is 15.1. The normalized spacial score (nSPS) is 19.2. The molecule has 1 aromatic rings. The van der Waals surface area contributed by atoms with Gasteiger partial charge in [-0.3, -0.25) is 19.7 Å². The number of benzene rings is 1. The van der Waals surface area contributed by atoms with E-state index in [1.165, 1.54) is 37.1 Å². The number of non-ortho nitro benzene ring substituents is 1. The van der Waals surface area contributed by atoms with Crippen LogP contribution in [0.5, 0.6) is 0 Å². The third-order valence-electron chi connectivity index (χ3n) is 4.62. The lowest BCUT2D eigenvalue weighted by molar-refractivity contribution is -0.384. The highest BCUT2D eigenvalue weighted by atomic mass is 16.6. The molecule has 1 N–H and O–H groups in total. The Morgan fingerprint density at radius 3 is 2.62 bits per heavy atom. The standard InChI is InChI=1S/C19H26N2O5/c1-2-3-4-5-6-17-13-14(19(23)26-17)7-12-18(22)20-15-8-10-16(11-9-15)21(24)25/h8-11,14,17H,2-7,12-13H2,1H3,(H,20,22)/t14-,17-/m1/s1. The van der Waals surface area contributed by atoms with Crippen molar-refractivity contribution in [2.45, 2.75) is 64.4 Å². The quantitative estimate of drug-likeness (QED) is 0.291. The summed E-state index contributed by atoms with van der Waals surface area (Å²) in [6.07, 6.45) is 6.87. The van der Waals surface area contributed by atoms with E-state index in [9.17, 15) is 19.7 Å². The second-order valence-corrected chi connectivity index (χ2v) is 6.73. The number of hydrogen-bond donors (Lipinski definition) is 1. The molecule has 0 spiro atoms. The maximum Gasteiger partial charge on any atom is 0.309 e. The van der Waals surface area contributed by atoms with Crippen LogP contribution in [0.1, 0.15) is 58.3 Å². The number of esters is 1. The highest BCUT2D eigenvalue weighted by molar-refractivity contribution is 5.91. The summed E-state index contributed by atoms with van der Waals surface area (Å²) >= 11 is 0. The van der Waals surface area contributed by atoms with Crippen LogP contribution in [-0.2, 0) is 14.3 Å². The van der Waals surface area contributed by atoms with Gasteiger partial charge in [-0.05, 0) is 37.8 Å². The average molecular weight is 362 g/mol. The Labute approximate surface area is 153 Å². The van der Waals surface area contributed by atoms with Gasteiger partial charge in [0.05, 0.1) is 10.8 Å². The molecule has 0 aromatic heterocycles. The van der Waals surface area contributed by atoms with Crippen molar-refractivity contribution >= 4 is 23.3 Å². The number of ether oxygens (including phenoxy) is 1. The van der Waals surface area contributed by atoms with Gasteiger partial charge in [-0.1, -0.05) is 26.2 Å². The Morgan fingerprint density at radius 2 is 1.96 bits per heavy atom. The van der Waals surface area contributed by atoms with Crippen LogP contribution in [0.2, 0.25) is 0 Å². The van der Waals surface area contributed by atoms with Crippen molar-refractivity contribution in [3.05, 3.63) is 34.4 Å². The molecule has 0 saturated carbocycles. The van der Waals surface area contributed by atoms with Crippen molar-refractivity contribution in [3.63, 3.8) is 0 Å². The van der Waals surface area contributed by atoms with Gasteiger partial charge in [0.15, 0.2) is 0 Å². The molecule has 1 amide bonds. The monoisotopic (exact) mass is 362 g/mol. The molecular formula is C19H26N2O5. The van der Waals surface area contributed by atoms with Crippen molar-refractivity contribution in [1.82, 2.24) is 0 Å². The molecule has 1 aliphatic rings. The zero-order valence-electron chi connectivity index (χ0n) is 15.1. The largest absolute Gasteiger partial charge is 0.462 e. The van der Waals surface area contributed by atoms with Crippen LogP contribution in [0, 0.1) is 16.0 Å². The number of nitro groups is 1. The van der Waals surface area contributed by atoms with Crippen molar-refractivity contribution < 1.29 is 19.2 Å². The highest BCUT2D eigenvalue weighted by Crippen LogP contribution is 2.28. The van der Waals surface area contributed by atoms with Crippen molar-refractivity contribution in [2.24, 2.45) is 5.92 Å². The summed E-state index contributed by atoms with van der Waals surface area (Å²) in [6.45, 7) is 2.16. The van der Waals surface area contributed by atoms with Crippen molar-refractivity contribution in [2.75, 3.05) is 5.32 Å². The van der Waals surface area contributed by atoms with E-state index in [0.29, 0.717) is 18.5 Å². The molecule has 1 saturated heterocycles. The first-order valence-corrected chi connectivity index (χ1v) is 9.24. The summed E-state index contributed by atoms with van der Waals surface area (Å²) in [5.74, 6) is -0.625. The lowest BCUT2D eigenvalue weighted by Gasteiger charge is -2.08. The summed E-state index contributed by atoms with van der Waals surface area (Å²) < 4.78 is 5.41. The average Bonchev–Trinajstić information content (AvgIpc) is 2.97. The van der Waals surface area contributed by atoms with Crippen LogP contribution < -0.4 is 5.32 Å². The zero-order chi connectivity index (χ0) is 18.9. The third kappa shape index (κ3) is 6.13. The van der Waals surface area contributed by atoms with Gasteiger partial charge in [-0.25, -0.2) is 0 Å². The molecular weight excluding hydrogens is 336 g/mol. The maximum atomic E-state index is 12.0. The number of nitrogens with one attached hydrogen (secondary N) is 1. The fourth-order valence-corrected chi connectivity index (χ4v) is 3.13. The van der Waals surface area contributed by atoms with Gasteiger partial charge in [0.1, 0.15) is 6.10 Å². The molecule has 0 radical (unpaired) electrons. The minimum atomic E-state index is -0.490. The molecule has 1 heterocycles. The number of cyclic esters (lactones) is 1. The minimum Gasteiger partial charge on any atom is -0.462 e. The van der Waals surface area contributed by atoms with E-state index in [4.69, 9.17) is 4.74 Å². The number of unbranched alkanes of at least 4 members (excludes halogenated alkanes) is 3. The Hall–Kier alpha value is -2.44. The van der Waals surface area contributed by atoms with Gasteiger partial charge in [0.25, 0.3) is 5.69 Å². The predicted molar refractivity (Wildman–Crippen MR) is 97.7 cm³/mol. The summed E-state index contributed by atoms with van der Waals surface area (Å²) in [5, 5.41) is 13.3. The molecule has 26 heavy (non-hydrogen) atoms. The fourth-order valence-electron chi connectivity index (χ4n) is 3.13. The maximum absolute atomic E-state index is 12.0. The van der Waals surface area contributed by atoms with E-state index < -0.39 is 4.92 Å². The van der Waals surface area contributed by atoms with E-state index in [0.717, 1.165) is 19.3 Å². The lowest BCUT2D eigenvalue weighted by atomic mass is 9.96. The van der Waals surface area contributed by atoms with Crippen molar-refractivity contribution in [3.8, 4) is 0 Å². The third-order valence-corrected chi connectivity index (χ3v) is 4.62. The van der Waals surface area contributed by atoms with Crippen molar-refractivity contribution in [1.29, 1.82) is 0 Å².